The van der Waals surface area contributed by atoms with Gasteiger partial charge in [0, 0.05) is 39.1 Å². The zero-order valence-electron chi connectivity index (χ0n) is 25.8. The quantitative estimate of drug-likeness (QED) is 0.315. The van der Waals surface area contributed by atoms with Gasteiger partial charge in [-0.15, -0.1) is 0 Å². The molecule has 10 nitrogen and oxygen atoms in total. The van der Waals surface area contributed by atoms with Gasteiger partial charge in [-0.1, -0.05) is 30.3 Å². The van der Waals surface area contributed by atoms with Crippen LogP contribution in [0, 0.1) is 6.92 Å². The number of hydrogen-bond donors (Lipinski definition) is 1. The van der Waals surface area contributed by atoms with Crippen LogP contribution in [0.5, 0.6) is 5.75 Å². The van der Waals surface area contributed by atoms with Crippen molar-refractivity contribution < 1.29 is 37.0 Å². The number of rotatable bonds is 9. The van der Waals surface area contributed by atoms with Crippen LogP contribution in [-0.2, 0) is 29.0 Å². The summed E-state index contributed by atoms with van der Waals surface area (Å²) >= 11 is 0. The van der Waals surface area contributed by atoms with Crippen molar-refractivity contribution in [3.05, 3.63) is 53.6 Å². The average Bonchev–Trinajstić information content (AvgIpc) is 2.98. The predicted octanol–water partition coefficient (Wildman–Crippen LogP) is 4.80. The molecule has 2 aliphatic rings. The van der Waals surface area contributed by atoms with Crippen LogP contribution in [-0.4, -0.2) is 81.7 Å². The zero-order chi connectivity index (χ0) is 31.3. The molecule has 1 N–H and O–H groups in total. The number of methoxy groups -OCH3 is 1. The van der Waals surface area contributed by atoms with Crippen molar-refractivity contribution in [2.24, 2.45) is 0 Å². The summed E-state index contributed by atoms with van der Waals surface area (Å²) in [7, 11) is -2.66. The lowest BCUT2D eigenvalue weighted by atomic mass is 9.87. The van der Waals surface area contributed by atoms with Gasteiger partial charge >= 0.3 is 12.1 Å². The first kappa shape index (κ1) is 32.8. The highest BCUT2D eigenvalue weighted by Gasteiger charge is 2.55. The standard InChI is InChI=1S/C32H44N2O8S/c1-23-21-25(24-11-16-34(17-12-24)43(37,38)32(29(35)39-5)13-18-40-19-14-32)9-10-28(23)26-7-6-8-27(22-26)41-20-15-33-30(36)42-31(2,3)4/h6-10,21-22,24H,11-20H2,1-5H3,(H,33,36). The Balaban J connectivity index is 1.36. The number of nitrogens with one attached hydrogen (secondary N) is 1. The maximum Gasteiger partial charge on any atom is 0.407 e. The number of aryl methyl sites for hydroxylation is 1. The minimum Gasteiger partial charge on any atom is -0.492 e. The number of hydrogen-bond acceptors (Lipinski definition) is 8. The van der Waals surface area contributed by atoms with Crippen molar-refractivity contribution in [3.63, 3.8) is 0 Å². The molecular weight excluding hydrogens is 572 g/mol. The second kappa shape index (κ2) is 13.7. The Morgan fingerprint density at radius 2 is 1.77 bits per heavy atom. The first-order valence-electron chi connectivity index (χ1n) is 14.8. The molecule has 2 saturated heterocycles. The lowest BCUT2D eigenvalue weighted by Gasteiger charge is -2.40. The molecule has 0 radical (unpaired) electrons. The van der Waals surface area contributed by atoms with E-state index in [1.54, 1.807) is 0 Å². The number of piperidine rings is 1. The summed E-state index contributed by atoms with van der Waals surface area (Å²) in [6.45, 7) is 9.30. The minimum atomic E-state index is -3.90. The number of sulfonamides is 1. The van der Waals surface area contributed by atoms with Crippen molar-refractivity contribution in [1.29, 1.82) is 0 Å². The van der Waals surface area contributed by atoms with E-state index >= 15 is 0 Å². The van der Waals surface area contributed by atoms with E-state index in [-0.39, 0.29) is 32.0 Å². The molecule has 0 atom stereocenters. The maximum absolute atomic E-state index is 13.7. The number of ether oxygens (including phenoxy) is 4. The third kappa shape index (κ3) is 7.69. The van der Waals surface area contributed by atoms with Crippen molar-refractivity contribution in [3.8, 4) is 16.9 Å². The fourth-order valence-corrected chi connectivity index (χ4v) is 7.95. The summed E-state index contributed by atoms with van der Waals surface area (Å²) in [5.41, 5.74) is 3.84. The van der Waals surface area contributed by atoms with Crippen LogP contribution >= 0.6 is 0 Å². The lowest BCUT2D eigenvalue weighted by molar-refractivity contribution is -0.146. The van der Waals surface area contributed by atoms with Crippen LogP contribution in [0.15, 0.2) is 42.5 Å². The second-order valence-corrected chi connectivity index (χ2v) is 14.4. The molecule has 2 aliphatic heterocycles. The summed E-state index contributed by atoms with van der Waals surface area (Å²) < 4.78 is 48.7. The molecule has 0 unspecified atom stereocenters. The summed E-state index contributed by atoms with van der Waals surface area (Å²) in [6.07, 6.45) is 1.09. The molecule has 2 heterocycles. The Labute approximate surface area is 255 Å². The van der Waals surface area contributed by atoms with E-state index in [9.17, 15) is 18.0 Å². The number of carbonyl (C=O) groups excluding carboxylic acids is 2. The molecule has 43 heavy (non-hydrogen) atoms. The van der Waals surface area contributed by atoms with Crippen LogP contribution in [0.2, 0.25) is 0 Å². The van der Waals surface area contributed by atoms with Gasteiger partial charge in [-0.05, 0) is 80.8 Å². The molecule has 11 heteroatoms. The molecule has 0 bridgehead atoms. The number of benzene rings is 2. The zero-order valence-corrected chi connectivity index (χ0v) is 26.6. The van der Waals surface area contributed by atoms with Gasteiger partial charge in [-0.25, -0.2) is 17.5 Å². The van der Waals surface area contributed by atoms with Crippen LogP contribution in [0.1, 0.15) is 63.5 Å². The van der Waals surface area contributed by atoms with E-state index in [0.29, 0.717) is 44.8 Å². The van der Waals surface area contributed by atoms with Gasteiger partial charge in [0.2, 0.25) is 10.0 Å². The topological polar surface area (TPSA) is 120 Å². The van der Waals surface area contributed by atoms with Gasteiger partial charge in [0.15, 0.2) is 4.75 Å². The molecule has 236 valence electrons. The van der Waals surface area contributed by atoms with Gasteiger partial charge in [0.05, 0.1) is 13.7 Å². The summed E-state index contributed by atoms with van der Waals surface area (Å²) in [5.74, 6) is 0.223. The molecule has 2 aromatic carbocycles. The van der Waals surface area contributed by atoms with Crippen molar-refractivity contribution in [2.75, 3.05) is 46.6 Å². The Bertz CT molecular complexity index is 1390. The summed E-state index contributed by atoms with van der Waals surface area (Å²) in [4.78, 5) is 24.5. The fourth-order valence-electron chi connectivity index (χ4n) is 5.79. The number of carbonyl (C=O) groups is 2. The molecule has 4 rings (SSSR count). The smallest absolute Gasteiger partial charge is 0.407 e. The molecule has 0 spiro atoms. The van der Waals surface area contributed by atoms with Crippen LogP contribution in [0.3, 0.4) is 0 Å². The summed E-state index contributed by atoms with van der Waals surface area (Å²) in [6, 6.07) is 14.2. The number of amides is 1. The fraction of sp³-hybridized carbons (Fsp3) is 0.562. The Hall–Kier alpha value is -3.15. The van der Waals surface area contributed by atoms with E-state index < -0.39 is 32.4 Å². The highest BCUT2D eigenvalue weighted by molar-refractivity contribution is 7.91. The molecule has 0 aromatic heterocycles. The highest BCUT2D eigenvalue weighted by Crippen LogP contribution is 2.38. The van der Waals surface area contributed by atoms with E-state index in [0.717, 1.165) is 16.7 Å². The molecule has 0 aliphatic carbocycles. The monoisotopic (exact) mass is 616 g/mol. The van der Waals surface area contributed by atoms with Crippen molar-refractivity contribution in [1.82, 2.24) is 9.62 Å². The van der Waals surface area contributed by atoms with Gasteiger partial charge in [0.25, 0.3) is 0 Å². The predicted molar refractivity (Wildman–Crippen MR) is 164 cm³/mol. The molecule has 2 fully saturated rings. The van der Waals surface area contributed by atoms with E-state index in [4.69, 9.17) is 18.9 Å². The van der Waals surface area contributed by atoms with Crippen LogP contribution in [0.25, 0.3) is 11.1 Å². The number of alkyl carbamates (subject to hydrolysis) is 1. The van der Waals surface area contributed by atoms with Crippen LogP contribution in [0.4, 0.5) is 4.79 Å². The molecule has 1 amide bonds. The van der Waals surface area contributed by atoms with E-state index in [1.807, 2.05) is 45.0 Å². The van der Waals surface area contributed by atoms with E-state index in [1.165, 1.54) is 17.0 Å². The van der Waals surface area contributed by atoms with Gasteiger partial charge < -0.3 is 24.3 Å². The number of nitrogens with zero attached hydrogens (tertiary/aromatic N) is 1. The average molecular weight is 617 g/mol. The largest absolute Gasteiger partial charge is 0.492 e. The third-order valence-electron chi connectivity index (χ3n) is 8.05. The Morgan fingerprint density at radius 1 is 1.07 bits per heavy atom. The van der Waals surface area contributed by atoms with Gasteiger partial charge in [-0.2, -0.15) is 0 Å². The van der Waals surface area contributed by atoms with Crippen molar-refractivity contribution >= 4 is 22.1 Å². The maximum atomic E-state index is 13.7. The SMILES string of the molecule is COC(=O)C1(S(=O)(=O)N2CCC(c3ccc(-c4cccc(OCCNC(=O)OC(C)(C)C)c4)c(C)c3)CC2)CCOCC1. The second-order valence-electron chi connectivity index (χ2n) is 12.2. The Morgan fingerprint density at radius 3 is 2.40 bits per heavy atom. The highest BCUT2D eigenvalue weighted by atomic mass is 32.2. The van der Waals surface area contributed by atoms with Gasteiger partial charge in [-0.3, -0.25) is 4.79 Å². The third-order valence-corrected chi connectivity index (χ3v) is 10.7. The normalized spacial score (nSPS) is 18.1. The van der Waals surface area contributed by atoms with Crippen LogP contribution < -0.4 is 10.1 Å². The first-order valence-corrected chi connectivity index (χ1v) is 16.3. The molecule has 0 saturated carbocycles. The molecule has 2 aromatic rings. The summed E-state index contributed by atoms with van der Waals surface area (Å²) in [5, 5.41) is 2.69. The number of esters is 1. The van der Waals surface area contributed by atoms with E-state index in [2.05, 4.69) is 30.4 Å². The lowest BCUT2D eigenvalue weighted by Crippen LogP contribution is -2.57. The molecular formula is C32H44N2O8S. The minimum absolute atomic E-state index is 0.109. The Kier molecular flexibility index (Phi) is 10.4. The van der Waals surface area contributed by atoms with Crippen molar-refractivity contribution in [2.45, 2.75) is 69.6 Å². The van der Waals surface area contributed by atoms with Gasteiger partial charge in [0.1, 0.15) is 18.0 Å². The first-order chi connectivity index (χ1) is 20.4.